The molecule has 0 aromatic carbocycles. The van der Waals surface area contributed by atoms with Gasteiger partial charge >= 0.3 is 0 Å². The second-order valence-corrected chi connectivity index (χ2v) is 1.99. The van der Waals surface area contributed by atoms with Crippen molar-refractivity contribution in [2.75, 3.05) is 6.61 Å². The Balaban J connectivity index is 2.70. The number of hydrogen-bond donors (Lipinski definition) is 1. The first-order chi connectivity index (χ1) is 4.27. The van der Waals surface area contributed by atoms with Gasteiger partial charge in [-0.25, -0.2) is 0 Å². The molecule has 1 heterocycles. The molecule has 1 unspecified atom stereocenters. The lowest BCUT2D eigenvalue weighted by Gasteiger charge is -2.20. The van der Waals surface area contributed by atoms with Crippen LogP contribution in [0.25, 0.3) is 0 Å². The molecule has 1 aliphatic heterocycles. The summed E-state index contributed by atoms with van der Waals surface area (Å²) in [6.45, 7) is 0.497. The lowest BCUT2D eigenvalue weighted by Crippen LogP contribution is -2.27. The molecule has 1 rings (SSSR count). The molecule has 0 radical (unpaired) electrons. The summed E-state index contributed by atoms with van der Waals surface area (Å²) in [6, 6.07) is 0. The fourth-order valence-corrected chi connectivity index (χ4v) is 0.647. The van der Waals surface area contributed by atoms with Gasteiger partial charge in [0.05, 0.1) is 12.9 Å². The predicted molar refractivity (Wildman–Crippen MR) is 33.5 cm³/mol. The molecule has 0 aromatic heterocycles. The van der Waals surface area contributed by atoms with Crippen LogP contribution in [-0.2, 0) is 4.74 Å². The molecule has 2 nitrogen and oxygen atoms in total. The van der Waals surface area contributed by atoms with Gasteiger partial charge in [0.25, 0.3) is 0 Å². The molecule has 1 atom stereocenters. The molecule has 9 heavy (non-hydrogen) atoms. The third kappa shape index (κ3) is 1.24. The van der Waals surface area contributed by atoms with Gasteiger partial charge in [0.15, 0.2) is 0 Å². The molecule has 1 aliphatic rings. The minimum absolute atomic E-state index is 0.486. The lowest BCUT2D eigenvalue weighted by molar-refractivity contribution is 0.0838. The van der Waals surface area contributed by atoms with Crippen molar-refractivity contribution >= 4 is 0 Å². The van der Waals surface area contributed by atoms with Gasteiger partial charge < -0.3 is 9.84 Å². The lowest BCUT2D eigenvalue weighted by atomic mass is 10.0. The van der Waals surface area contributed by atoms with Gasteiger partial charge in [-0.1, -0.05) is 5.92 Å². The molecular weight excluding hydrogens is 116 g/mol. The highest BCUT2D eigenvalue weighted by Crippen LogP contribution is 2.14. The molecule has 1 N–H and O–H groups in total. The van der Waals surface area contributed by atoms with Crippen molar-refractivity contribution in [1.82, 2.24) is 0 Å². The van der Waals surface area contributed by atoms with Crippen LogP contribution in [0, 0.1) is 12.3 Å². The Morgan fingerprint density at radius 2 is 2.56 bits per heavy atom. The molecule has 0 aliphatic carbocycles. The summed E-state index contributed by atoms with van der Waals surface area (Å²) in [7, 11) is 0. The molecule has 48 valence electrons. The van der Waals surface area contributed by atoms with Crippen LogP contribution in [0.15, 0.2) is 12.3 Å². The quantitative estimate of drug-likeness (QED) is 0.470. The molecule has 0 spiro atoms. The number of rotatable bonds is 0. The zero-order valence-electron chi connectivity index (χ0n) is 5.00. The van der Waals surface area contributed by atoms with E-state index in [1.54, 1.807) is 0 Å². The third-order valence-electron chi connectivity index (χ3n) is 1.29. The molecule has 0 amide bonds. The molecule has 0 bridgehead atoms. The van der Waals surface area contributed by atoms with Gasteiger partial charge in [-0.05, 0) is 6.08 Å². The summed E-state index contributed by atoms with van der Waals surface area (Å²) < 4.78 is 4.83. The van der Waals surface area contributed by atoms with Crippen molar-refractivity contribution in [3.05, 3.63) is 12.3 Å². The maximum absolute atomic E-state index is 9.28. The Bertz CT molecular complexity index is 166. The predicted octanol–water partition coefficient (Wildman–Crippen LogP) is 0.285. The Morgan fingerprint density at radius 1 is 1.78 bits per heavy atom. The number of terminal acetylenes is 1. The van der Waals surface area contributed by atoms with Gasteiger partial charge in [-0.3, -0.25) is 0 Å². The molecular formula is C7H8O2. The number of hydrogen-bond acceptors (Lipinski definition) is 2. The maximum atomic E-state index is 9.28. The van der Waals surface area contributed by atoms with E-state index >= 15 is 0 Å². The Labute approximate surface area is 54.1 Å². The van der Waals surface area contributed by atoms with Crippen molar-refractivity contribution in [2.45, 2.75) is 12.0 Å². The van der Waals surface area contributed by atoms with E-state index in [-0.39, 0.29) is 0 Å². The van der Waals surface area contributed by atoms with Crippen LogP contribution < -0.4 is 0 Å². The highest BCUT2D eigenvalue weighted by molar-refractivity contribution is 5.19. The summed E-state index contributed by atoms with van der Waals surface area (Å²) in [6.07, 6.45) is 8.43. The Hall–Kier alpha value is -0.940. The van der Waals surface area contributed by atoms with E-state index in [1.165, 1.54) is 12.3 Å². The summed E-state index contributed by atoms with van der Waals surface area (Å²) in [5, 5.41) is 9.28. The minimum Gasteiger partial charge on any atom is -0.501 e. The van der Waals surface area contributed by atoms with E-state index in [1.807, 2.05) is 0 Å². The topological polar surface area (TPSA) is 29.5 Å². The van der Waals surface area contributed by atoms with Crippen LogP contribution in [-0.4, -0.2) is 17.3 Å². The second-order valence-electron chi connectivity index (χ2n) is 1.99. The van der Waals surface area contributed by atoms with Crippen LogP contribution >= 0.6 is 0 Å². The summed E-state index contributed by atoms with van der Waals surface area (Å²) in [5.74, 6) is 2.27. The average Bonchev–Trinajstić information content (AvgIpc) is 1.90. The molecule has 0 saturated carbocycles. The maximum Gasteiger partial charge on any atom is 0.150 e. The van der Waals surface area contributed by atoms with E-state index in [0.717, 1.165) is 0 Å². The summed E-state index contributed by atoms with van der Waals surface area (Å²) >= 11 is 0. The van der Waals surface area contributed by atoms with Crippen molar-refractivity contribution in [3.63, 3.8) is 0 Å². The fourth-order valence-electron chi connectivity index (χ4n) is 0.647. The first kappa shape index (κ1) is 6.18. The minimum atomic E-state index is -1.06. The van der Waals surface area contributed by atoms with E-state index in [0.29, 0.717) is 13.0 Å². The molecule has 0 aromatic rings. The van der Waals surface area contributed by atoms with Gasteiger partial charge in [-0.2, -0.15) is 0 Å². The van der Waals surface area contributed by atoms with Gasteiger partial charge in [0.1, 0.15) is 5.60 Å². The van der Waals surface area contributed by atoms with Gasteiger partial charge in [-0.15, -0.1) is 6.42 Å². The summed E-state index contributed by atoms with van der Waals surface area (Å²) in [5.41, 5.74) is -1.06. The third-order valence-corrected chi connectivity index (χ3v) is 1.29. The van der Waals surface area contributed by atoms with Gasteiger partial charge in [0.2, 0.25) is 0 Å². The van der Waals surface area contributed by atoms with E-state index in [9.17, 15) is 5.11 Å². The smallest absolute Gasteiger partial charge is 0.150 e. The molecule has 0 fully saturated rings. The fraction of sp³-hybridized carbons (Fsp3) is 0.429. The first-order valence-corrected chi connectivity index (χ1v) is 2.76. The number of ether oxygens (including phenoxy) is 1. The van der Waals surface area contributed by atoms with Crippen LogP contribution in [0.2, 0.25) is 0 Å². The molecule has 0 saturated heterocycles. The van der Waals surface area contributed by atoms with Crippen molar-refractivity contribution < 1.29 is 9.84 Å². The van der Waals surface area contributed by atoms with Crippen molar-refractivity contribution in [3.8, 4) is 12.3 Å². The summed E-state index contributed by atoms with van der Waals surface area (Å²) in [4.78, 5) is 0. The average molecular weight is 124 g/mol. The number of aliphatic hydroxyl groups is 1. The van der Waals surface area contributed by atoms with Crippen LogP contribution in [0.5, 0.6) is 0 Å². The second kappa shape index (κ2) is 2.12. The van der Waals surface area contributed by atoms with Gasteiger partial charge in [0, 0.05) is 6.42 Å². The zero-order chi connectivity index (χ0) is 6.74. The van der Waals surface area contributed by atoms with Crippen LogP contribution in [0.4, 0.5) is 0 Å². The van der Waals surface area contributed by atoms with E-state index < -0.39 is 5.60 Å². The Kier molecular flexibility index (Phi) is 1.46. The van der Waals surface area contributed by atoms with Crippen LogP contribution in [0.1, 0.15) is 6.42 Å². The zero-order valence-corrected chi connectivity index (χ0v) is 5.00. The first-order valence-electron chi connectivity index (χ1n) is 2.76. The monoisotopic (exact) mass is 124 g/mol. The largest absolute Gasteiger partial charge is 0.501 e. The van der Waals surface area contributed by atoms with Crippen LogP contribution in [0.3, 0.4) is 0 Å². The van der Waals surface area contributed by atoms with E-state index in [2.05, 4.69) is 5.92 Å². The molecule has 2 heteroatoms. The Morgan fingerprint density at radius 3 is 2.89 bits per heavy atom. The highest BCUT2D eigenvalue weighted by atomic mass is 16.5. The van der Waals surface area contributed by atoms with Crippen molar-refractivity contribution in [2.24, 2.45) is 0 Å². The van der Waals surface area contributed by atoms with Crippen molar-refractivity contribution in [1.29, 1.82) is 0 Å². The standard InChI is InChI=1S/C7H8O2/c1-2-7(8)3-5-9-6-4-7/h1,3,5,8H,4,6H2. The normalized spacial score (nSPS) is 32.9. The highest BCUT2D eigenvalue weighted by Gasteiger charge is 2.22. The van der Waals surface area contributed by atoms with E-state index in [4.69, 9.17) is 11.2 Å². The SMILES string of the molecule is C#CC1(O)C=COCC1.